The molecule has 0 spiro atoms. The molecule has 1 heterocycles. The van der Waals surface area contributed by atoms with Gasteiger partial charge in [-0.15, -0.1) is 24.0 Å². The highest BCUT2D eigenvalue weighted by Gasteiger charge is 2.22. The van der Waals surface area contributed by atoms with E-state index in [1.807, 2.05) is 20.8 Å². The predicted molar refractivity (Wildman–Crippen MR) is 136 cm³/mol. The van der Waals surface area contributed by atoms with Crippen molar-refractivity contribution >= 4 is 41.9 Å². The third kappa shape index (κ3) is 13.9. The number of piperidine rings is 1. The number of nitrogens with one attached hydrogen (secondary N) is 2. The van der Waals surface area contributed by atoms with Crippen LogP contribution < -0.4 is 10.6 Å². The first-order valence-corrected chi connectivity index (χ1v) is 10.9. The van der Waals surface area contributed by atoms with Crippen LogP contribution in [0.2, 0.25) is 0 Å². The van der Waals surface area contributed by atoms with Crippen LogP contribution in [0.15, 0.2) is 4.99 Å². The maximum atomic E-state index is 11.9. The highest BCUT2D eigenvalue weighted by atomic mass is 127. The maximum absolute atomic E-state index is 11.9. The average molecular weight is 572 g/mol. The van der Waals surface area contributed by atoms with Crippen LogP contribution in [0.1, 0.15) is 40.0 Å². The molecular weight excluding hydrogens is 529 g/mol. The van der Waals surface area contributed by atoms with Gasteiger partial charge >= 0.3 is 6.09 Å². The van der Waals surface area contributed by atoms with E-state index < -0.39 is 11.7 Å². The first-order valence-electron chi connectivity index (χ1n) is 10.9. The summed E-state index contributed by atoms with van der Waals surface area (Å²) in [5.74, 6) is 0.691. The number of hydrogen-bond acceptors (Lipinski definition) is 6. The second kappa shape index (κ2) is 16.3. The molecule has 1 aliphatic rings. The Morgan fingerprint density at radius 2 is 1.75 bits per heavy atom. The lowest BCUT2D eigenvalue weighted by Gasteiger charge is -2.34. The van der Waals surface area contributed by atoms with Crippen LogP contribution in [-0.4, -0.2) is 107 Å². The number of carbonyl (C=O) groups is 2. The average Bonchev–Trinajstić information content (AvgIpc) is 2.69. The monoisotopic (exact) mass is 571 g/mol. The third-order valence-corrected chi connectivity index (χ3v) is 4.54. The summed E-state index contributed by atoms with van der Waals surface area (Å²) in [5, 5.41) is 6.01. The zero-order valence-corrected chi connectivity index (χ0v) is 22.8. The van der Waals surface area contributed by atoms with Crippen molar-refractivity contribution < 1.29 is 23.8 Å². The highest BCUT2D eigenvalue weighted by molar-refractivity contribution is 14.0. The Morgan fingerprint density at radius 1 is 1.09 bits per heavy atom. The van der Waals surface area contributed by atoms with Gasteiger partial charge in [0.1, 0.15) is 12.1 Å². The fraction of sp³-hybridized carbons (Fsp3) is 0.857. The van der Waals surface area contributed by atoms with Crippen LogP contribution in [0, 0.1) is 0 Å². The number of amides is 2. The molecule has 0 atom stereocenters. The second-order valence-corrected chi connectivity index (χ2v) is 8.69. The van der Waals surface area contributed by atoms with Gasteiger partial charge in [0.25, 0.3) is 0 Å². The predicted octanol–water partition coefficient (Wildman–Crippen LogP) is 1.68. The van der Waals surface area contributed by atoms with E-state index in [-0.39, 0.29) is 42.5 Å². The van der Waals surface area contributed by atoms with Crippen LogP contribution in [0.5, 0.6) is 0 Å². The number of likely N-dealkylation sites (N-methyl/N-ethyl adjacent to an activating group) is 1. The smallest absolute Gasteiger partial charge is 0.407 e. The Balaban J connectivity index is 0.00000961. The van der Waals surface area contributed by atoms with Crippen LogP contribution >= 0.6 is 24.0 Å². The van der Waals surface area contributed by atoms with E-state index in [4.69, 9.17) is 14.2 Å². The molecule has 1 fully saturated rings. The minimum atomic E-state index is -0.491. The van der Waals surface area contributed by atoms with Gasteiger partial charge in [0.15, 0.2) is 5.96 Å². The number of guanidine groups is 1. The van der Waals surface area contributed by atoms with Gasteiger partial charge < -0.3 is 34.6 Å². The summed E-state index contributed by atoms with van der Waals surface area (Å²) in [4.78, 5) is 31.7. The number of alkyl carbamates (subject to hydrolysis) is 1. The summed E-state index contributed by atoms with van der Waals surface area (Å²) in [6, 6.07) is 0. The number of carbonyl (C=O) groups excluding carboxylic acids is 2. The fourth-order valence-electron chi connectivity index (χ4n) is 2.88. The minimum absolute atomic E-state index is 0. The summed E-state index contributed by atoms with van der Waals surface area (Å²) in [5.41, 5.74) is -0.491. The van der Waals surface area contributed by atoms with Crippen molar-refractivity contribution in [3.63, 3.8) is 0 Å². The zero-order valence-electron chi connectivity index (χ0n) is 20.4. The Kier molecular flexibility index (Phi) is 15.6. The molecule has 0 aromatic carbocycles. The molecule has 2 N–H and O–H groups in total. The molecule has 32 heavy (non-hydrogen) atoms. The molecule has 1 rings (SSSR count). The number of hydrogen-bond donors (Lipinski definition) is 2. The molecule has 0 aromatic heterocycles. The van der Waals surface area contributed by atoms with Gasteiger partial charge in [0, 0.05) is 54.0 Å². The fourth-order valence-corrected chi connectivity index (χ4v) is 2.88. The number of likely N-dealkylation sites (tertiary alicyclic amines) is 1. The highest BCUT2D eigenvalue weighted by Crippen LogP contribution is 2.14. The maximum Gasteiger partial charge on any atom is 0.407 e. The second-order valence-electron chi connectivity index (χ2n) is 8.69. The molecular formula is C21H42IN5O5. The minimum Gasteiger partial charge on any atom is -0.444 e. The molecule has 0 saturated carbocycles. The van der Waals surface area contributed by atoms with Gasteiger partial charge in [-0.2, -0.15) is 0 Å². The molecule has 0 aromatic rings. The van der Waals surface area contributed by atoms with Crippen molar-refractivity contribution in [2.45, 2.75) is 51.7 Å². The molecule has 0 bridgehead atoms. The third-order valence-electron chi connectivity index (χ3n) is 4.54. The lowest BCUT2D eigenvalue weighted by molar-refractivity contribution is -0.127. The van der Waals surface area contributed by atoms with E-state index in [0.717, 1.165) is 38.3 Å². The lowest BCUT2D eigenvalue weighted by Crippen LogP contribution is -2.48. The normalized spacial score (nSPS) is 15.1. The number of rotatable bonds is 10. The number of aliphatic imine (C=N–C) groups is 1. The van der Waals surface area contributed by atoms with Gasteiger partial charge in [0.2, 0.25) is 5.91 Å². The van der Waals surface area contributed by atoms with E-state index in [1.165, 1.54) is 4.90 Å². The molecule has 2 amide bonds. The zero-order chi connectivity index (χ0) is 23.3. The quantitative estimate of drug-likeness (QED) is 0.178. The molecule has 1 saturated heterocycles. The van der Waals surface area contributed by atoms with Gasteiger partial charge in [0.05, 0.1) is 12.7 Å². The lowest BCUT2D eigenvalue weighted by atomic mass is 10.1. The van der Waals surface area contributed by atoms with Gasteiger partial charge in [-0.1, -0.05) is 0 Å². The van der Waals surface area contributed by atoms with Crippen LogP contribution in [-0.2, 0) is 19.0 Å². The number of halogens is 1. The molecule has 11 heteroatoms. The number of nitrogens with zero attached hydrogens (tertiary/aromatic N) is 3. The molecule has 0 aliphatic carbocycles. The molecule has 1 aliphatic heterocycles. The topological polar surface area (TPSA) is 105 Å². The Bertz CT molecular complexity index is 575. The van der Waals surface area contributed by atoms with Gasteiger partial charge in [-0.25, -0.2) is 9.79 Å². The van der Waals surface area contributed by atoms with E-state index in [2.05, 4.69) is 20.5 Å². The van der Waals surface area contributed by atoms with Crippen molar-refractivity contribution in [1.82, 2.24) is 20.4 Å². The Morgan fingerprint density at radius 3 is 2.31 bits per heavy atom. The summed E-state index contributed by atoms with van der Waals surface area (Å²) in [7, 11) is 5.10. The summed E-state index contributed by atoms with van der Waals surface area (Å²) >= 11 is 0. The summed E-state index contributed by atoms with van der Waals surface area (Å²) in [6.07, 6.45) is 2.28. The Labute approximate surface area is 209 Å². The standard InChI is InChI=1S/C21H41N5O5.HI/c1-21(2,3)31-20(28)23-10-7-14-30-17-8-12-26(13-9-17)19(22-11-15-29-6)24-16-18(27)25(4)5;/h17H,7-16H2,1-6H3,(H,22,24)(H,23,28);1H. The van der Waals surface area contributed by atoms with Gasteiger partial charge in [-0.05, 0) is 40.0 Å². The van der Waals surface area contributed by atoms with Crippen molar-refractivity contribution in [3.05, 3.63) is 0 Å². The van der Waals surface area contributed by atoms with Crippen LogP contribution in [0.3, 0.4) is 0 Å². The first-order chi connectivity index (χ1) is 14.6. The van der Waals surface area contributed by atoms with E-state index in [0.29, 0.717) is 26.3 Å². The van der Waals surface area contributed by atoms with Crippen molar-refractivity contribution in [2.75, 3.05) is 67.1 Å². The molecule has 0 radical (unpaired) electrons. The van der Waals surface area contributed by atoms with Crippen LogP contribution in [0.25, 0.3) is 0 Å². The van der Waals surface area contributed by atoms with Crippen molar-refractivity contribution in [3.8, 4) is 0 Å². The number of ether oxygens (including phenoxy) is 3. The van der Waals surface area contributed by atoms with Gasteiger partial charge in [-0.3, -0.25) is 4.79 Å². The summed E-state index contributed by atoms with van der Waals surface area (Å²) < 4.78 is 16.3. The Hall–Kier alpha value is -1.34. The largest absolute Gasteiger partial charge is 0.444 e. The van der Waals surface area contributed by atoms with Crippen LogP contribution in [0.4, 0.5) is 4.79 Å². The summed E-state index contributed by atoms with van der Waals surface area (Å²) in [6.45, 7) is 9.54. The van der Waals surface area contributed by atoms with E-state index in [9.17, 15) is 9.59 Å². The SMILES string of the molecule is COCCNC(=NCC(=O)N(C)C)N1CCC(OCCCNC(=O)OC(C)(C)C)CC1.I. The molecule has 0 unspecified atom stereocenters. The van der Waals surface area contributed by atoms with Crippen molar-refractivity contribution in [2.24, 2.45) is 4.99 Å². The molecule has 10 nitrogen and oxygen atoms in total. The number of methoxy groups -OCH3 is 1. The van der Waals surface area contributed by atoms with E-state index >= 15 is 0 Å². The molecule has 188 valence electrons. The van der Waals surface area contributed by atoms with E-state index in [1.54, 1.807) is 21.2 Å². The van der Waals surface area contributed by atoms with Crippen molar-refractivity contribution in [1.29, 1.82) is 0 Å². The first kappa shape index (κ1) is 30.7.